The zero-order valence-electron chi connectivity index (χ0n) is 9.65. The summed E-state index contributed by atoms with van der Waals surface area (Å²) < 4.78 is 14.7. The molecule has 0 fully saturated rings. The predicted octanol–water partition coefficient (Wildman–Crippen LogP) is 2.44. The van der Waals surface area contributed by atoms with Crippen LogP contribution in [0.4, 0.5) is 11.4 Å². The van der Waals surface area contributed by atoms with Crippen LogP contribution in [0.1, 0.15) is 0 Å². The molecule has 1 atom stereocenters. The number of rotatable bonds is 4. The summed E-state index contributed by atoms with van der Waals surface area (Å²) in [6.45, 7) is 0. The van der Waals surface area contributed by atoms with E-state index in [9.17, 15) is 14.3 Å². The van der Waals surface area contributed by atoms with E-state index in [-0.39, 0.29) is 11.4 Å². The second kappa shape index (κ2) is 5.49. The summed E-state index contributed by atoms with van der Waals surface area (Å²) in [4.78, 5) is 10.4. The van der Waals surface area contributed by atoms with Gasteiger partial charge in [0.25, 0.3) is 5.69 Å². The Balaban J connectivity index is 2.11. The largest absolute Gasteiger partial charge is 0.508 e. The molecule has 0 saturated carbocycles. The van der Waals surface area contributed by atoms with Crippen molar-refractivity contribution in [2.75, 3.05) is 4.72 Å². The molecule has 0 spiro atoms. The van der Waals surface area contributed by atoms with Crippen LogP contribution in [-0.2, 0) is 11.0 Å². The number of anilines is 1. The van der Waals surface area contributed by atoms with Crippen LogP contribution in [0.5, 0.6) is 5.75 Å². The van der Waals surface area contributed by atoms with Crippen LogP contribution in [0.3, 0.4) is 0 Å². The highest BCUT2D eigenvalue weighted by atomic mass is 32.2. The maximum Gasteiger partial charge on any atom is 0.269 e. The van der Waals surface area contributed by atoms with Gasteiger partial charge in [-0.15, -0.1) is 0 Å². The van der Waals surface area contributed by atoms with Crippen molar-refractivity contribution in [2.45, 2.75) is 4.90 Å². The minimum Gasteiger partial charge on any atom is -0.508 e. The zero-order valence-corrected chi connectivity index (χ0v) is 10.5. The third kappa shape index (κ3) is 3.29. The summed E-state index contributed by atoms with van der Waals surface area (Å²) in [5, 5.41) is 19.6. The van der Waals surface area contributed by atoms with Crippen molar-refractivity contribution in [3.05, 3.63) is 58.6 Å². The van der Waals surface area contributed by atoms with Crippen LogP contribution >= 0.6 is 0 Å². The molecule has 2 rings (SSSR count). The fourth-order valence-electron chi connectivity index (χ4n) is 1.39. The minimum atomic E-state index is -1.52. The van der Waals surface area contributed by atoms with Crippen molar-refractivity contribution in [3.63, 3.8) is 0 Å². The van der Waals surface area contributed by atoms with Gasteiger partial charge in [0.15, 0.2) is 0 Å². The van der Waals surface area contributed by atoms with Gasteiger partial charge in [-0.1, -0.05) is 0 Å². The summed E-state index contributed by atoms with van der Waals surface area (Å²) in [7, 11) is -1.52. The SMILES string of the molecule is O=[N+]([O-])c1ccc([S@](=O)Nc2ccc(O)cc2)cc1. The van der Waals surface area contributed by atoms with Gasteiger partial charge >= 0.3 is 0 Å². The predicted molar refractivity (Wildman–Crippen MR) is 71.2 cm³/mol. The molecule has 0 unspecified atom stereocenters. The van der Waals surface area contributed by atoms with Crippen LogP contribution < -0.4 is 4.72 Å². The number of nitrogens with zero attached hydrogens (tertiary/aromatic N) is 1. The lowest BCUT2D eigenvalue weighted by Crippen LogP contribution is -2.04. The molecule has 0 aromatic heterocycles. The molecule has 0 heterocycles. The molecule has 2 N–H and O–H groups in total. The number of benzene rings is 2. The maximum absolute atomic E-state index is 11.9. The standard InChI is InChI=1S/C12H10N2O4S/c15-11-5-1-9(2-6-11)13-19(18)12-7-3-10(4-8-12)14(16)17/h1-8,13,15H/t19-/m0/s1. The number of nitrogens with one attached hydrogen (secondary N) is 1. The molecule has 98 valence electrons. The number of non-ortho nitro benzene ring substituents is 1. The zero-order chi connectivity index (χ0) is 13.8. The molecule has 7 heteroatoms. The Morgan fingerprint density at radius 2 is 1.63 bits per heavy atom. The van der Waals surface area contributed by atoms with Crippen LogP contribution in [0.15, 0.2) is 53.4 Å². The van der Waals surface area contributed by atoms with Crippen molar-refractivity contribution < 1.29 is 14.2 Å². The van der Waals surface area contributed by atoms with Crippen LogP contribution in [0.25, 0.3) is 0 Å². The number of hydrogen-bond acceptors (Lipinski definition) is 4. The Morgan fingerprint density at radius 3 is 2.16 bits per heavy atom. The Kier molecular flexibility index (Phi) is 3.76. The van der Waals surface area contributed by atoms with Gasteiger partial charge in [0.1, 0.15) is 16.7 Å². The van der Waals surface area contributed by atoms with Gasteiger partial charge in [0.05, 0.1) is 9.82 Å². The van der Waals surface area contributed by atoms with E-state index in [1.165, 1.54) is 36.4 Å². The molecular weight excluding hydrogens is 268 g/mol. The average molecular weight is 278 g/mol. The fourth-order valence-corrected chi connectivity index (χ4v) is 2.24. The Labute approximate surface area is 111 Å². The second-order valence-corrected chi connectivity index (χ2v) is 4.88. The number of aromatic hydroxyl groups is 1. The van der Waals surface area contributed by atoms with Crippen molar-refractivity contribution in [2.24, 2.45) is 0 Å². The van der Waals surface area contributed by atoms with E-state index in [1.807, 2.05) is 0 Å². The summed E-state index contributed by atoms with van der Waals surface area (Å²) in [5.74, 6) is 0.117. The van der Waals surface area contributed by atoms with Gasteiger partial charge in [0.2, 0.25) is 0 Å². The molecule has 0 saturated heterocycles. The summed E-state index contributed by atoms with van der Waals surface area (Å²) in [6, 6.07) is 11.6. The molecular formula is C12H10N2O4S. The van der Waals surface area contributed by atoms with Gasteiger partial charge in [0, 0.05) is 17.8 Å². The highest BCUT2D eigenvalue weighted by Gasteiger charge is 2.08. The highest BCUT2D eigenvalue weighted by molar-refractivity contribution is 7.86. The average Bonchev–Trinajstić information content (AvgIpc) is 2.41. The van der Waals surface area contributed by atoms with Gasteiger partial charge < -0.3 is 9.83 Å². The molecule has 19 heavy (non-hydrogen) atoms. The Hall–Kier alpha value is -2.41. The molecule has 0 bridgehead atoms. The van der Waals surface area contributed by atoms with Gasteiger partial charge in [-0.25, -0.2) is 4.21 Å². The highest BCUT2D eigenvalue weighted by Crippen LogP contribution is 2.18. The molecule has 0 aliphatic carbocycles. The molecule has 2 aromatic rings. The van der Waals surface area contributed by atoms with E-state index < -0.39 is 15.9 Å². The molecule has 0 aliphatic rings. The topological polar surface area (TPSA) is 92.5 Å². The van der Waals surface area contributed by atoms with E-state index in [0.717, 1.165) is 0 Å². The lowest BCUT2D eigenvalue weighted by molar-refractivity contribution is -0.384. The van der Waals surface area contributed by atoms with Crippen molar-refractivity contribution in [1.82, 2.24) is 0 Å². The lowest BCUT2D eigenvalue weighted by Gasteiger charge is -2.05. The summed E-state index contributed by atoms with van der Waals surface area (Å²) in [5.41, 5.74) is 0.528. The van der Waals surface area contributed by atoms with Crippen molar-refractivity contribution >= 4 is 22.4 Å². The van der Waals surface area contributed by atoms with Crippen LogP contribution in [0.2, 0.25) is 0 Å². The number of nitro groups is 1. The van der Waals surface area contributed by atoms with Crippen molar-refractivity contribution in [3.8, 4) is 5.75 Å². The third-order valence-electron chi connectivity index (χ3n) is 2.34. The monoisotopic (exact) mass is 278 g/mol. The van der Waals surface area contributed by atoms with Gasteiger partial charge in [-0.2, -0.15) is 0 Å². The number of phenolic OH excluding ortho intramolecular Hbond substituents is 1. The van der Waals surface area contributed by atoms with E-state index in [1.54, 1.807) is 12.1 Å². The molecule has 2 aromatic carbocycles. The minimum absolute atomic E-state index is 0.0506. The first-order valence-corrected chi connectivity index (χ1v) is 6.43. The fraction of sp³-hybridized carbons (Fsp3) is 0. The molecule has 0 aliphatic heterocycles. The Bertz CT molecular complexity index is 611. The van der Waals surface area contributed by atoms with E-state index in [4.69, 9.17) is 5.11 Å². The summed E-state index contributed by atoms with van der Waals surface area (Å²) >= 11 is 0. The van der Waals surface area contributed by atoms with E-state index >= 15 is 0 Å². The first kappa shape index (κ1) is 13.0. The normalized spacial score (nSPS) is 11.8. The smallest absolute Gasteiger partial charge is 0.269 e. The number of nitro benzene ring substituents is 1. The lowest BCUT2D eigenvalue weighted by atomic mass is 10.3. The number of hydrogen-bond donors (Lipinski definition) is 2. The third-order valence-corrected chi connectivity index (χ3v) is 3.46. The number of phenols is 1. The quantitative estimate of drug-likeness (QED) is 0.510. The van der Waals surface area contributed by atoms with E-state index in [0.29, 0.717) is 10.6 Å². The molecule has 6 nitrogen and oxygen atoms in total. The summed E-state index contributed by atoms with van der Waals surface area (Å²) in [6.07, 6.45) is 0. The van der Waals surface area contributed by atoms with Gasteiger partial charge in [-0.05, 0) is 36.4 Å². The van der Waals surface area contributed by atoms with Gasteiger partial charge in [-0.3, -0.25) is 10.1 Å². The van der Waals surface area contributed by atoms with Crippen LogP contribution in [0, 0.1) is 10.1 Å². The first-order chi connectivity index (χ1) is 9.06. The van der Waals surface area contributed by atoms with Crippen LogP contribution in [-0.4, -0.2) is 14.2 Å². The Morgan fingerprint density at radius 1 is 1.05 bits per heavy atom. The molecule has 0 amide bonds. The first-order valence-electron chi connectivity index (χ1n) is 5.28. The van der Waals surface area contributed by atoms with E-state index in [2.05, 4.69) is 4.72 Å². The van der Waals surface area contributed by atoms with Crippen molar-refractivity contribution in [1.29, 1.82) is 0 Å². The second-order valence-electron chi connectivity index (χ2n) is 3.67. The molecule has 0 radical (unpaired) electrons. The maximum atomic E-state index is 11.9.